The van der Waals surface area contributed by atoms with Gasteiger partial charge in [0, 0.05) is 13.1 Å². The largest absolute Gasteiger partial charge is 0.485 e. The van der Waals surface area contributed by atoms with Crippen LogP contribution in [0.15, 0.2) is 48.5 Å². The highest BCUT2D eigenvalue weighted by Crippen LogP contribution is 2.30. The molecule has 0 saturated carbocycles. The number of fused-ring (bicyclic) bond motifs is 1. The van der Waals surface area contributed by atoms with Gasteiger partial charge in [-0.05, 0) is 36.3 Å². The molecule has 26 heavy (non-hydrogen) atoms. The molecular weight excluding hydrogens is 328 g/mol. The maximum absolute atomic E-state index is 12.5. The quantitative estimate of drug-likeness (QED) is 0.830. The molecule has 1 amide bonds. The van der Waals surface area contributed by atoms with Crippen LogP contribution in [-0.4, -0.2) is 36.6 Å². The first-order valence-electron chi connectivity index (χ1n) is 9.16. The monoisotopic (exact) mass is 354 g/mol. The highest BCUT2D eigenvalue weighted by Gasteiger charge is 2.27. The van der Waals surface area contributed by atoms with Crippen molar-refractivity contribution in [3.8, 4) is 11.5 Å². The molecule has 0 spiro atoms. The number of ether oxygens (including phenoxy) is 2. The molecule has 5 heteroatoms. The number of hydrogen-bond donors (Lipinski definition) is 1. The second-order valence-corrected chi connectivity index (χ2v) is 6.31. The van der Waals surface area contributed by atoms with Crippen molar-refractivity contribution in [2.45, 2.75) is 33.0 Å². The average Bonchev–Trinajstić information content (AvgIpc) is 2.70. The average molecular weight is 354 g/mol. The first-order chi connectivity index (χ1) is 12.7. The van der Waals surface area contributed by atoms with Crippen LogP contribution in [0.5, 0.6) is 11.5 Å². The number of benzene rings is 2. The lowest BCUT2D eigenvalue weighted by Gasteiger charge is -2.26. The van der Waals surface area contributed by atoms with Crippen LogP contribution in [0.2, 0.25) is 0 Å². The third kappa shape index (κ3) is 4.35. The molecule has 1 aliphatic rings. The first-order valence-corrected chi connectivity index (χ1v) is 9.16. The highest BCUT2D eigenvalue weighted by molar-refractivity contribution is 5.81. The van der Waals surface area contributed by atoms with Crippen LogP contribution in [0, 0.1) is 0 Å². The normalized spacial score (nSPS) is 15.7. The minimum atomic E-state index is -0.625. The number of para-hydroxylation sites is 2. The molecule has 2 aromatic rings. The molecule has 0 aromatic heterocycles. The summed E-state index contributed by atoms with van der Waals surface area (Å²) in [6.45, 7) is 7.92. The molecule has 1 unspecified atom stereocenters. The summed E-state index contributed by atoms with van der Waals surface area (Å²) >= 11 is 0. The van der Waals surface area contributed by atoms with Crippen molar-refractivity contribution >= 4 is 5.91 Å². The summed E-state index contributed by atoms with van der Waals surface area (Å²) in [4.78, 5) is 14.9. The molecule has 0 bridgehead atoms. The molecule has 1 heterocycles. The van der Waals surface area contributed by atoms with Gasteiger partial charge < -0.3 is 14.8 Å². The zero-order valence-corrected chi connectivity index (χ0v) is 15.4. The van der Waals surface area contributed by atoms with E-state index in [1.807, 2.05) is 36.4 Å². The lowest BCUT2D eigenvalue weighted by Crippen LogP contribution is -2.43. The van der Waals surface area contributed by atoms with Gasteiger partial charge in [0.1, 0.15) is 6.61 Å². The summed E-state index contributed by atoms with van der Waals surface area (Å²) in [5.41, 5.74) is 2.37. The second kappa shape index (κ2) is 8.72. The summed E-state index contributed by atoms with van der Waals surface area (Å²) in [7, 11) is 0. The lowest BCUT2D eigenvalue weighted by atomic mass is 10.1. The predicted molar refractivity (Wildman–Crippen MR) is 101 cm³/mol. The van der Waals surface area contributed by atoms with Gasteiger partial charge in [0.25, 0.3) is 5.91 Å². The number of carbonyl (C=O) groups is 1. The minimum Gasteiger partial charge on any atom is -0.485 e. The molecule has 0 fully saturated rings. The fourth-order valence-corrected chi connectivity index (χ4v) is 3.02. The summed E-state index contributed by atoms with van der Waals surface area (Å²) < 4.78 is 11.4. The standard InChI is InChI=1S/C21H26N2O3/c1-3-23(4-2)14-17-10-6-5-9-16(17)13-22-21(24)20-15-25-18-11-7-8-12-19(18)26-20/h5-12,20H,3-4,13-15H2,1-2H3,(H,22,24). The van der Waals surface area contributed by atoms with E-state index in [0.29, 0.717) is 18.0 Å². The van der Waals surface area contributed by atoms with E-state index in [0.717, 1.165) is 25.2 Å². The Bertz CT molecular complexity index is 744. The van der Waals surface area contributed by atoms with Crippen LogP contribution in [0.3, 0.4) is 0 Å². The van der Waals surface area contributed by atoms with Crippen LogP contribution in [0.4, 0.5) is 0 Å². The van der Waals surface area contributed by atoms with E-state index < -0.39 is 6.10 Å². The predicted octanol–water partition coefficient (Wildman–Crippen LogP) is 2.98. The molecular formula is C21H26N2O3. The van der Waals surface area contributed by atoms with Gasteiger partial charge in [-0.2, -0.15) is 0 Å². The molecule has 0 radical (unpaired) electrons. The topological polar surface area (TPSA) is 50.8 Å². The maximum Gasteiger partial charge on any atom is 0.264 e. The molecule has 2 aromatic carbocycles. The molecule has 3 rings (SSSR count). The summed E-state index contributed by atoms with van der Waals surface area (Å²) in [5, 5.41) is 2.99. The number of carbonyl (C=O) groups excluding carboxylic acids is 1. The number of nitrogens with one attached hydrogen (secondary N) is 1. The van der Waals surface area contributed by atoms with Gasteiger partial charge in [-0.1, -0.05) is 50.2 Å². The molecule has 1 atom stereocenters. The van der Waals surface area contributed by atoms with E-state index in [9.17, 15) is 4.79 Å². The number of nitrogens with zero attached hydrogens (tertiary/aromatic N) is 1. The van der Waals surface area contributed by atoms with E-state index in [1.54, 1.807) is 0 Å². The Morgan fingerprint density at radius 2 is 1.69 bits per heavy atom. The molecule has 1 N–H and O–H groups in total. The Morgan fingerprint density at radius 3 is 2.42 bits per heavy atom. The first kappa shape index (κ1) is 18.3. The van der Waals surface area contributed by atoms with Crippen LogP contribution in [0.25, 0.3) is 0 Å². The van der Waals surface area contributed by atoms with Gasteiger partial charge in [-0.15, -0.1) is 0 Å². The molecule has 0 saturated heterocycles. The third-order valence-corrected chi connectivity index (χ3v) is 4.66. The fraction of sp³-hybridized carbons (Fsp3) is 0.381. The minimum absolute atomic E-state index is 0.155. The Labute approximate surface area is 154 Å². The summed E-state index contributed by atoms with van der Waals surface area (Å²) in [6, 6.07) is 15.6. The zero-order valence-electron chi connectivity index (χ0n) is 15.4. The van der Waals surface area contributed by atoms with Gasteiger partial charge in [0.05, 0.1) is 0 Å². The summed E-state index contributed by atoms with van der Waals surface area (Å²) in [6.07, 6.45) is -0.625. The highest BCUT2D eigenvalue weighted by atomic mass is 16.6. The van der Waals surface area contributed by atoms with Gasteiger partial charge in [-0.3, -0.25) is 9.69 Å². The van der Waals surface area contributed by atoms with Crippen LogP contribution >= 0.6 is 0 Å². The van der Waals surface area contributed by atoms with Crippen LogP contribution in [0.1, 0.15) is 25.0 Å². The Kier molecular flexibility index (Phi) is 6.12. The number of rotatable bonds is 7. The fourth-order valence-electron chi connectivity index (χ4n) is 3.02. The Balaban J connectivity index is 1.60. The van der Waals surface area contributed by atoms with E-state index in [-0.39, 0.29) is 12.5 Å². The molecule has 0 aliphatic carbocycles. The van der Waals surface area contributed by atoms with Crippen molar-refractivity contribution in [2.75, 3.05) is 19.7 Å². The lowest BCUT2D eigenvalue weighted by molar-refractivity contribution is -0.130. The van der Waals surface area contributed by atoms with Crippen molar-refractivity contribution < 1.29 is 14.3 Å². The van der Waals surface area contributed by atoms with E-state index in [4.69, 9.17) is 9.47 Å². The Morgan fingerprint density at radius 1 is 1.04 bits per heavy atom. The van der Waals surface area contributed by atoms with Crippen molar-refractivity contribution in [3.63, 3.8) is 0 Å². The van der Waals surface area contributed by atoms with E-state index in [1.165, 1.54) is 5.56 Å². The maximum atomic E-state index is 12.5. The van der Waals surface area contributed by atoms with E-state index in [2.05, 4.69) is 36.2 Å². The summed E-state index contributed by atoms with van der Waals surface area (Å²) in [5.74, 6) is 1.14. The van der Waals surface area contributed by atoms with Gasteiger partial charge >= 0.3 is 0 Å². The smallest absolute Gasteiger partial charge is 0.264 e. The second-order valence-electron chi connectivity index (χ2n) is 6.31. The number of hydrogen-bond acceptors (Lipinski definition) is 4. The number of amides is 1. The Hall–Kier alpha value is -2.53. The van der Waals surface area contributed by atoms with Crippen molar-refractivity contribution in [2.24, 2.45) is 0 Å². The molecule has 138 valence electrons. The van der Waals surface area contributed by atoms with Crippen LogP contribution in [-0.2, 0) is 17.9 Å². The van der Waals surface area contributed by atoms with Crippen molar-refractivity contribution in [1.29, 1.82) is 0 Å². The van der Waals surface area contributed by atoms with Crippen LogP contribution < -0.4 is 14.8 Å². The zero-order chi connectivity index (χ0) is 18.4. The molecule has 5 nitrogen and oxygen atoms in total. The van der Waals surface area contributed by atoms with Gasteiger partial charge in [0.15, 0.2) is 11.5 Å². The SMILES string of the molecule is CCN(CC)Cc1ccccc1CNC(=O)C1COc2ccccc2O1. The van der Waals surface area contributed by atoms with Crippen molar-refractivity contribution in [3.05, 3.63) is 59.7 Å². The third-order valence-electron chi connectivity index (χ3n) is 4.66. The molecule has 1 aliphatic heterocycles. The van der Waals surface area contributed by atoms with E-state index >= 15 is 0 Å². The van der Waals surface area contributed by atoms with Crippen molar-refractivity contribution in [1.82, 2.24) is 10.2 Å². The van der Waals surface area contributed by atoms with Gasteiger partial charge in [-0.25, -0.2) is 0 Å². The van der Waals surface area contributed by atoms with Gasteiger partial charge in [0.2, 0.25) is 6.10 Å².